The third kappa shape index (κ3) is 0.758. The number of aromatic nitrogens is 1. The van der Waals surface area contributed by atoms with Crippen LogP contribution in [0.5, 0.6) is 0 Å². The van der Waals surface area contributed by atoms with Gasteiger partial charge in [-0.05, 0) is 29.5 Å². The zero-order chi connectivity index (χ0) is 7.97. The van der Waals surface area contributed by atoms with Crippen LogP contribution >= 0.6 is 11.8 Å². The van der Waals surface area contributed by atoms with Gasteiger partial charge in [-0.3, -0.25) is 0 Å². The Morgan fingerprint density at radius 1 is 1.25 bits per heavy atom. The summed E-state index contributed by atoms with van der Waals surface area (Å²) >= 11 is 1.97. The van der Waals surface area contributed by atoms with Crippen molar-refractivity contribution in [2.45, 2.75) is 11.3 Å². The van der Waals surface area contributed by atoms with Crippen LogP contribution < -0.4 is 0 Å². The van der Waals surface area contributed by atoms with E-state index in [4.69, 9.17) is 0 Å². The monoisotopic (exact) mass is 175 g/mol. The molecule has 2 heterocycles. The normalized spacial score (nSPS) is 15.3. The van der Waals surface area contributed by atoms with Gasteiger partial charge in [-0.15, -0.1) is 11.8 Å². The summed E-state index contributed by atoms with van der Waals surface area (Å²) in [5, 5.41) is 1.34. The highest BCUT2D eigenvalue weighted by atomic mass is 32.2. The molecule has 1 N–H and O–H groups in total. The van der Waals surface area contributed by atoms with Crippen LogP contribution in [0.2, 0.25) is 0 Å². The predicted molar refractivity (Wildman–Crippen MR) is 52.7 cm³/mol. The number of hydrogen-bond acceptors (Lipinski definition) is 1. The van der Waals surface area contributed by atoms with Gasteiger partial charge in [-0.2, -0.15) is 0 Å². The van der Waals surface area contributed by atoms with Gasteiger partial charge in [0.25, 0.3) is 0 Å². The smallest absolute Gasteiger partial charge is 0.0498 e. The fourth-order valence-corrected chi connectivity index (χ4v) is 2.89. The van der Waals surface area contributed by atoms with Crippen molar-refractivity contribution in [3.05, 3.63) is 30.0 Å². The molecule has 0 fully saturated rings. The minimum absolute atomic E-state index is 1.22. The maximum absolute atomic E-state index is 3.31. The van der Waals surface area contributed by atoms with Crippen LogP contribution in [0.3, 0.4) is 0 Å². The lowest BCUT2D eigenvalue weighted by Crippen LogP contribution is -1.82. The maximum Gasteiger partial charge on any atom is 0.0498 e. The maximum atomic E-state index is 3.31. The van der Waals surface area contributed by atoms with E-state index >= 15 is 0 Å². The highest BCUT2D eigenvalue weighted by Crippen LogP contribution is 2.35. The summed E-state index contributed by atoms with van der Waals surface area (Å²) in [6.45, 7) is 0. The quantitative estimate of drug-likeness (QED) is 0.651. The molecule has 0 unspecified atom stereocenters. The number of aromatic amines is 1. The van der Waals surface area contributed by atoms with Crippen LogP contribution in [-0.2, 0) is 6.42 Å². The van der Waals surface area contributed by atoms with Gasteiger partial charge in [0, 0.05) is 22.4 Å². The van der Waals surface area contributed by atoms with Crippen LogP contribution in [0.25, 0.3) is 10.9 Å². The fraction of sp³-hybridized carbons (Fsp3) is 0.200. The lowest BCUT2D eigenvalue weighted by molar-refractivity contribution is 1.16. The van der Waals surface area contributed by atoms with E-state index in [1.54, 1.807) is 0 Å². The molecule has 0 aliphatic carbocycles. The Morgan fingerprint density at radius 2 is 2.25 bits per heavy atom. The Hall–Kier alpha value is -0.890. The second-order valence-corrected chi connectivity index (χ2v) is 4.22. The van der Waals surface area contributed by atoms with Crippen LogP contribution in [0.4, 0.5) is 0 Å². The number of hydrogen-bond donors (Lipinski definition) is 1. The van der Waals surface area contributed by atoms with E-state index in [0.29, 0.717) is 0 Å². The Morgan fingerprint density at radius 3 is 3.25 bits per heavy atom. The molecular formula is C10H9NS. The second kappa shape index (κ2) is 2.30. The van der Waals surface area contributed by atoms with Gasteiger partial charge < -0.3 is 4.98 Å². The largest absolute Gasteiger partial charge is 0.361 e. The van der Waals surface area contributed by atoms with Crippen molar-refractivity contribution in [2.75, 3.05) is 5.75 Å². The highest BCUT2D eigenvalue weighted by molar-refractivity contribution is 7.99. The Labute approximate surface area is 75.2 Å². The molecule has 2 aromatic rings. The van der Waals surface area contributed by atoms with Gasteiger partial charge in [-0.1, -0.05) is 6.07 Å². The molecule has 1 aromatic carbocycles. The van der Waals surface area contributed by atoms with E-state index in [1.165, 1.54) is 33.5 Å². The predicted octanol–water partition coefficient (Wildman–Crippen LogP) is 2.82. The Bertz CT molecular complexity index is 430. The van der Waals surface area contributed by atoms with Crippen molar-refractivity contribution in [3.8, 4) is 0 Å². The summed E-state index contributed by atoms with van der Waals surface area (Å²) in [6, 6.07) is 6.57. The van der Waals surface area contributed by atoms with Crippen LogP contribution in [0, 0.1) is 0 Å². The first-order chi connectivity index (χ1) is 5.95. The number of nitrogens with one attached hydrogen (secondary N) is 1. The second-order valence-electron chi connectivity index (χ2n) is 3.08. The minimum atomic E-state index is 1.22. The molecule has 0 saturated heterocycles. The van der Waals surface area contributed by atoms with Crippen molar-refractivity contribution in [1.82, 2.24) is 4.98 Å². The molecule has 1 nitrogen and oxygen atoms in total. The zero-order valence-electron chi connectivity index (χ0n) is 6.63. The highest BCUT2D eigenvalue weighted by Gasteiger charge is 2.14. The average Bonchev–Trinajstić information content (AvgIpc) is 2.71. The van der Waals surface area contributed by atoms with E-state index in [9.17, 15) is 0 Å². The van der Waals surface area contributed by atoms with Crippen LogP contribution in [-0.4, -0.2) is 10.7 Å². The molecule has 0 bridgehead atoms. The molecule has 0 atom stereocenters. The molecule has 0 amide bonds. The van der Waals surface area contributed by atoms with Gasteiger partial charge in [0.2, 0.25) is 0 Å². The molecule has 0 spiro atoms. The summed E-state index contributed by atoms with van der Waals surface area (Å²) in [4.78, 5) is 4.77. The third-order valence-corrected chi connectivity index (χ3v) is 3.50. The minimum Gasteiger partial charge on any atom is -0.361 e. The summed E-state index contributed by atoms with van der Waals surface area (Å²) in [7, 11) is 0. The van der Waals surface area contributed by atoms with Gasteiger partial charge in [-0.25, -0.2) is 0 Å². The fourth-order valence-electron chi connectivity index (χ4n) is 1.82. The van der Waals surface area contributed by atoms with Gasteiger partial charge in [0.1, 0.15) is 0 Å². The molecule has 1 aliphatic heterocycles. The molecule has 1 aliphatic rings. The van der Waals surface area contributed by atoms with Crippen molar-refractivity contribution in [1.29, 1.82) is 0 Å². The first-order valence-electron chi connectivity index (χ1n) is 4.17. The molecule has 60 valence electrons. The summed E-state index contributed by atoms with van der Waals surface area (Å²) < 4.78 is 0. The zero-order valence-corrected chi connectivity index (χ0v) is 7.45. The summed E-state index contributed by atoms with van der Waals surface area (Å²) in [6.07, 6.45) is 3.24. The lowest BCUT2D eigenvalue weighted by Gasteiger charge is -1.98. The van der Waals surface area contributed by atoms with E-state index in [-0.39, 0.29) is 0 Å². The molecule has 1 aromatic heterocycles. The van der Waals surface area contributed by atoms with E-state index < -0.39 is 0 Å². The number of H-pyrrole nitrogens is 1. The summed E-state index contributed by atoms with van der Waals surface area (Å²) in [5.41, 5.74) is 2.86. The first kappa shape index (κ1) is 6.61. The molecule has 12 heavy (non-hydrogen) atoms. The van der Waals surface area contributed by atoms with Crippen molar-refractivity contribution >= 4 is 22.7 Å². The number of aryl methyl sites for hydroxylation is 1. The van der Waals surface area contributed by atoms with Gasteiger partial charge in [0.05, 0.1) is 0 Å². The van der Waals surface area contributed by atoms with Gasteiger partial charge >= 0.3 is 0 Å². The first-order valence-corrected chi connectivity index (χ1v) is 5.15. The molecule has 3 rings (SSSR count). The van der Waals surface area contributed by atoms with E-state index in [2.05, 4.69) is 23.2 Å². The topological polar surface area (TPSA) is 15.8 Å². The van der Waals surface area contributed by atoms with Crippen molar-refractivity contribution in [2.24, 2.45) is 0 Å². The summed E-state index contributed by atoms with van der Waals surface area (Å²) in [5.74, 6) is 1.24. The Balaban J connectivity index is 2.46. The number of benzene rings is 1. The molecule has 0 radical (unpaired) electrons. The molecule has 2 heteroatoms. The number of fused-ring (bicyclic) bond motifs is 3. The SMILES string of the molecule is c1cc2ccc3c(c2[nH]1)CCS3. The van der Waals surface area contributed by atoms with Crippen molar-refractivity contribution in [3.63, 3.8) is 0 Å². The number of thioether (sulfide) groups is 1. The number of rotatable bonds is 0. The lowest BCUT2D eigenvalue weighted by atomic mass is 10.1. The molecular weight excluding hydrogens is 166 g/mol. The molecule has 0 saturated carbocycles. The Kier molecular flexibility index (Phi) is 1.27. The third-order valence-electron chi connectivity index (χ3n) is 2.40. The van der Waals surface area contributed by atoms with Crippen molar-refractivity contribution < 1.29 is 0 Å². The average molecular weight is 175 g/mol. The van der Waals surface area contributed by atoms with E-state index in [1.807, 2.05) is 18.0 Å². The van der Waals surface area contributed by atoms with Crippen LogP contribution in [0.15, 0.2) is 29.3 Å². The van der Waals surface area contributed by atoms with Crippen LogP contribution in [0.1, 0.15) is 5.56 Å². The van der Waals surface area contributed by atoms with E-state index in [0.717, 1.165) is 0 Å². The van der Waals surface area contributed by atoms with Gasteiger partial charge in [0.15, 0.2) is 0 Å². The standard InChI is InChI=1S/C10H9NS/c1-2-9-8(4-6-12-9)10-7(1)3-5-11-10/h1-3,5,11H,4,6H2.